The molecule has 1 rings (SSSR count). The molecule has 0 aliphatic carbocycles. The molecule has 0 saturated carbocycles. The highest BCUT2D eigenvalue weighted by molar-refractivity contribution is 7.80. The highest BCUT2D eigenvalue weighted by Gasteiger charge is 2.47. The molecule has 5 N–H and O–H groups in total. The van der Waals surface area contributed by atoms with Crippen molar-refractivity contribution >= 4 is 17.3 Å². The first kappa shape index (κ1) is 19.6. The maximum Gasteiger partial charge on any atom is 0.169 e. The molecule has 1 saturated heterocycles. The van der Waals surface area contributed by atoms with Gasteiger partial charge in [-0.05, 0) is 18.6 Å². The molecule has 7 heteroatoms. The summed E-state index contributed by atoms with van der Waals surface area (Å²) in [5.41, 5.74) is 0. The molecule has 0 aromatic rings. The Morgan fingerprint density at radius 1 is 0.955 bits per heavy atom. The van der Waals surface area contributed by atoms with E-state index in [1.807, 2.05) is 0 Å². The van der Waals surface area contributed by atoms with Gasteiger partial charge in [0.15, 0.2) is 5.11 Å². The molecule has 0 aromatic carbocycles. The summed E-state index contributed by atoms with van der Waals surface area (Å²) < 4.78 is 0. The summed E-state index contributed by atoms with van der Waals surface area (Å²) in [4.78, 5) is 1.53. The number of likely N-dealkylation sites (tertiary alicyclic amines) is 1. The minimum Gasteiger partial charge on any atom is -0.394 e. The van der Waals surface area contributed by atoms with Crippen LogP contribution < -0.4 is 5.32 Å². The Bertz CT molecular complexity index is 317. The lowest BCUT2D eigenvalue weighted by molar-refractivity contribution is 0.0130. The molecule has 1 aliphatic rings. The van der Waals surface area contributed by atoms with Crippen LogP contribution >= 0.6 is 12.2 Å². The monoisotopic (exact) mass is 334 g/mol. The molecule has 0 radical (unpaired) electrons. The van der Waals surface area contributed by atoms with Crippen LogP contribution in [0.5, 0.6) is 0 Å². The van der Waals surface area contributed by atoms with Crippen LogP contribution in [0.2, 0.25) is 0 Å². The maximum atomic E-state index is 9.92. The Balaban J connectivity index is 2.39. The van der Waals surface area contributed by atoms with Gasteiger partial charge in [-0.25, -0.2) is 0 Å². The summed E-state index contributed by atoms with van der Waals surface area (Å²) in [5.74, 6) is 0. The topological polar surface area (TPSA) is 96.2 Å². The fraction of sp³-hybridized carbons (Fsp3) is 0.933. The molecular formula is C15H30N2O4S. The molecule has 130 valence electrons. The Labute approximate surface area is 138 Å². The summed E-state index contributed by atoms with van der Waals surface area (Å²) in [5, 5.41) is 42.1. The van der Waals surface area contributed by atoms with Gasteiger partial charge in [-0.1, -0.05) is 39.0 Å². The van der Waals surface area contributed by atoms with Crippen molar-refractivity contribution in [3.8, 4) is 0 Å². The number of hydrogen-bond acceptors (Lipinski definition) is 5. The van der Waals surface area contributed by atoms with Crippen molar-refractivity contribution in [2.24, 2.45) is 0 Å². The van der Waals surface area contributed by atoms with Crippen molar-refractivity contribution in [1.29, 1.82) is 0 Å². The van der Waals surface area contributed by atoms with E-state index in [2.05, 4.69) is 12.2 Å². The van der Waals surface area contributed by atoms with Crippen LogP contribution in [-0.2, 0) is 0 Å². The third-order valence-corrected chi connectivity index (χ3v) is 4.62. The average Bonchev–Trinajstić information content (AvgIpc) is 2.77. The quantitative estimate of drug-likeness (QED) is 0.299. The van der Waals surface area contributed by atoms with Gasteiger partial charge >= 0.3 is 0 Å². The molecule has 0 unspecified atom stereocenters. The van der Waals surface area contributed by atoms with Crippen molar-refractivity contribution in [1.82, 2.24) is 10.2 Å². The highest BCUT2D eigenvalue weighted by atomic mass is 32.1. The second kappa shape index (κ2) is 10.3. The third-order valence-electron chi connectivity index (χ3n) is 4.27. The Morgan fingerprint density at radius 2 is 1.45 bits per heavy atom. The van der Waals surface area contributed by atoms with Gasteiger partial charge in [0.1, 0.15) is 12.2 Å². The van der Waals surface area contributed by atoms with Gasteiger partial charge in [-0.15, -0.1) is 0 Å². The fourth-order valence-electron chi connectivity index (χ4n) is 2.92. The van der Waals surface area contributed by atoms with E-state index in [1.165, 1.54) is 30.6 Å². The Hall–Kier alpha value is -0.470. The minimum atomic E-state index is -1.11. The molecular weight excluding hydrogens is 304 g/mol. The molecule has 0 bridgehead atoms. The summed E-state index contributed by atoms with van der Waals surface area (Å²) in [6, 6.07) is -1.37. The predicted molar refractivity (Wildman–Crippen MR) is 89.6 cm³/mol. The predicted octanol–water partition coefficient (Wildman–Crippen LogP) is -0.0194. The first-order valence-corrected chi connectivity index (χ1v) is 8.63. The summed E-state index contributed by atoms with van der Waals surface area (Å²) >= 11 is 5.30. The number of nitrogens with zero attached hydrogens (tertiary/aromatic N) is 1. The number of rotatable bonds is 9. The molecule has 22 heavy (non-hydrogen) atoms. The summed E-state index contributed by atoms with van der Waals surface area (Å²) in [7, 11) is 0. The second-order valence-corrected chi connectivity index (χ2v) is 6.27. The molecule has 0 aromatic heterocycles. The normalized spacial score (nSPS) is 28.1. The summed E-state index contributed by atoms with van der Waals surface area (Å²) in [6.07, 6.45) is 4.86. The van der Waals surface area contributed by atoms with Gasteiger partial charge in [0.25, 0.3) is 0 Å². The van der Waals surface area contributed by atoms with Gasteiger partial charge in [-0.2, -0.15) is 0 Å². The Morgan fingerprint density at radius 3 is 1.95 bits per heavy atom. The van der Waals surface area contributed by atoms with E-state index in [0.717, 1.165) is 12.8 Å². The smallest absolute Gasteiger partial charge is 0.169 e. The van der Waals surface area contributed by atoms with Crippen molar-refractivity contribution in [3.63, 3.8) is 0 Å². The van der Waals surface area contributed by atoms with E-state index < -0.39 is 24.3 Å². The first-order valence-electron chi connectivity index (χ1n) is 8.22. The molecule has 1 fully saturated rings. The number of hydrogen-bond donors (Lipinski definition) is 5. The number of thiocarbonyl (C=S) groups is 1. The summed E-state index contributed by atoms with van der Waals surface area (Å²) in [6.45, 7) is 2.25. The van der Waals surface area contributed by atoms with Gasteiger partial charge in [0, 0.05) is 6.54 Å². The zero-order chi connectivity index (χ0) is 16.5. The lowest BCUT2D eigenvalue weighted by Gasteiger charge is -2.31. The van der Waals surface area contributed by atoms with Crippen molar-refractivity contribution < 1.29 is 20.4 Å². The lowest BCUT2D eigenvalue weighted by Crippen LogP contribution is -2.51. The standard InChI is InChI=1S/C15H30N2O4S/c1-2-3-4-5-6-7-8-16-15(22)17-11(9-18)13(20)14(21)12(17)10-19/h11-14,18-21H,2-10H2,1H3,(H,16,22)/t11-,12-,13-,14-/m0/s1. The number of aliphatic hydroxyl groups is 4. The van der Waals surface area contributed by atoms with Crippen LogP contribution in [0.25, 0.3) is 0 Å². The Kier molecular flexibility index (Phi) is 9.19. The zero-order valence-corrected chi connectivity index (χ0v) is 14.1. The number of nitrogens with one attached hydrogen (secondary N) is 1. The second-order valence-electron chi connectivity index (χ2n) is 5.89. The average molecular weight is 334 g/mol. The molecule has 0 spiro atoms. The fourth-order valence-corrected chi connectivity index (χ4v) is 3.29. The molecule has 1 aliphatic heterocycles. The van der Waals surface area contributed by atoms with Crippen LogP contribution in [0, 0.1) is 0 Å². The van der Waals surface area contributed by atoms with Crippen molar-refractivity contribution in [3.05, 3.63) is 0 Å². The third kappa shape index (κ3) is 5.03. The van der Waals surface area contributed by atoms with Crippen LogP contribution in [-0.4, -0.2) is 74.5 Å². The minimum absolute atomic E-state index is 0.326. The van der Waals surface area contributed by atoms with Gasteiger partial charge in [-0.3, -0.25) is 0 Å². The van der Waals surface area contributed by atoms with E-state index in [-0.39, 0.29) is 13.2 Å². The van der Waals surface area contributed by atoms with Crippen LogP contribution in [0.15, 0.2) is 0 Å². The van der Waals surface area contributed by atoms with E-state index in [0.29, 0.717) is 11.7 Å². The van der Waals surface area contributed by atoms with E-state index in [1.54, 1.807) is 0 Å². The van der Waals surface area contributed by atoms with Crippen molar-refractivity contribution in [2.45, 2.75) is 69.7 Å². The first-order chi connectivity index (χ1) is 10.6. The molecule has 1 heterocycles. The van der Waals surface area contributed by atoms with Gasteiger partial charge < -0.3 is 30.6 Å². The van der Waals surface area contributed by atoms with Crippen LogP contribution in [0.4, 0.5) is 0 Å². The lowest BCUT2D eigenvalue weighted by atomic mass is 10.1. The van der Waals surface area contributed by atoms with Crippen LogP contribution in [0.1, 0.15) is 45.4 Å². The largest absolute Gasteiger partial charge is 0.394 e. The SMILES string of the molecule is CCCCCCCCNC(=S)N1[C@@H](CO)[C@H](O)[C@@H](O)[C@@H]1CO. The zero-order valence-electron chi connectivity index (χ0n) is 13.3. The van der Waals surface area contributed by atoms with Gasteiger partial charge in [0.05, 0.1) is 25.3 Å². The molecule has 6 nitrogen and oxygen atoms in total. The molecule has 4 atom stereocenters. The maximum absolute atomic E-state index is 9.92. The number of aliphatic hydroxyl groups excluding tert-OH is 4. The van der Waals surface area contributed by atoms with E-state index in [9.17, 15) is 20.4 Å². The van der Waals surface area contributed by atoms with Gasteiger partial charge in [0.2, 0.25) is 0 Å². The van der Waals surface area contributed by atoms with E-state index in [4.69, 9.17) is 12.2 Å². The van der Waals surface area contributed by atoms with Crippen LogP contribution in [0.3, 0.4) is 0 Å². The number of unbranched alkanes of at least 4 members (excludes halogenated alkanes) is 5. The molecule has 0 amide bonds. The van der Waals surface area contributed by atoms with E-state index >= 15 is 0 Å². The highest BCUT2D eigenvalue weighted by Crippen LogP contribution is 2.25. The van der Waals surface area contributed by atoms with Crippen molar-refractivity contribution in [2.75, 3.05) is 19.8 Å².